The highest BCUT2D eigenvalue weighted by molar-refractivity contribution is 5.91. The molecule has 226 valence electrons. The summed E-state index contributed by atoms with van der Waals surface area (Å²) < 4.78 is 24.1. The van der Waals surface area contributed by atoms with Crippen molar-refractivity contribution < 1.29 is 19.0 Å². The Morgan fingerprint density at radius 3 is 2.14 bits per heavy atom. The lowest BCUT2D eigenvalue weighted by atomic mass is 9.86. The Hall–Kier alpha value is -4.24. The molecule has 0 amide bonds. The van der Waals surface area contributed by atoms with Crippen molar-refractivity contribution in [2.75, 3.05) is 0 Å². The first-order valence-electron chi connectivity index (χ1n) is 14.9. The van der Waals surface area contributed by atoms with Gasteiger partial charge in [0.25, 0.3) is 0 Å². The summed E-state index contributed by atoms with van der Waals surface area (Å²) in [5.74, 6) is -1.38. The Morgan fingerprint density at radius 1 is 1.00 bits per heavy atom. The zero-order valence-electron chi connectivity index (χ0n) is 24.9. The van der Waals surface area contributed by atoms with Crippen LogP contribution >= 0.6 is 0 Å². The van der Waals surface area contributed by atoms with Crippen molar-refractivity contribution in [3.8, 4) is 11.4 Å². The third-order valence-corrected chi connectivity index (χ3v) is 8.53. The maximum Gasteiger partial charge on any atom is 0.350 e. The van der Waals surface area contributed by atoms with Gasteiger partial charge in [0.05, 0.1) is 12.1 Å². The molecule has 2 unspecified atom stereocenters. The minimum Gasteiger partial charge on any atom is -0.489 e. The molecule has 3 aromatic carbocycles. The number of hydrogen-bond donors (Lipinski definition) is 1. The number of nitrogens with zero attached hydrogens (tertiary/aromatic N) is 4. The van der Waals surface area contributed by atoms with E-state index in [2.05, 4.69) is 34.3 Å². The van der Waals surface area contributed by atoms with Crippen LogP contribution in [0.1, 0.15) is 79.3 Å². The number of aromatic carboxylic acids is 1. The lowest BCUT2D eigenvalue weighted by molar-refractivity contribution is 0.0681. The first-order chi connectivity index (χ1) is 20.7. The average Bonchev–Trinajstić information content (AvgIpc) is 3.31. The van der Waals surface area contributed by atoms with Crippen molar-refractivity contribution in [1.82, 2.24) is 19.2 Å². The maximum absolute atomic E-state index is 15.5. The number of carboxylic acid groups (broad SMARTS) is 1. The summed E-state index contributed by atoms with van der Waals surface area (Å²) in [5.41, 5.74) is 1.26. The third kappa shape index (κ3) is 6.88. The van der Waals surface area contributed by atoms with Crippen LogP contribution in [-0.2, 0) is 20.1 Å². The monoisotopic (exact) mass is 586 g/mol. The van der Waals surface area contributed by atoms with E-state index in [9.17, 15) is 14.7 Å². The van der Waals surface area contributed by atoms with E-state index in [0.29, 0.717) is 18.9 Å². The van der Waals surface area contributed by atoms with Crippen LogP contribution in [0.15, 0.2) is 77.6 Å². The molecule has 0 spiro atoms. The van der Waals surface area contributed by atoms with Crippen LogP contribution in [0.4, 0.5) is 4.39 Å². The summed E-state index contributed by atoms with van der Waals surface area (Å²) in [6.07, 6.45) is 5.14. The molecular weight excluding hydrogens is 547 g/mol. The summed E-state index contributed by atoms with van der Waals surface area (Å²) in [4.78, 5) is 27.7. The Balaban J connectivity index is 1.50. The number of benzene rings is 3. The molecule has 0 bridgehead atoms. The second-order valence-corrected chi connectivity index (χ2v) is 11.5. The van der Waals surface area contributed by atoms with Gasteiger partial charge in [0.15, 0.2) is 5.82 Å². The van der Waals surface area contributed by atoms with Crippen LogP contribution in [0, 0.1) is 11.7 Å². The summed E-state index contributed by atoms with van der Waals surface area (Å²) >= 11 is 0. The van der Waals surface area contributed by atoms with Crippen LogP contribution in [0.3, 0.4) is 0 Å². The van der Waals surface area contributed by atoms with Crippen LogP contribution in [0.25, 0.3) is 5.69 Å². The molecule has 2 atom stereocenters. The van der Waals surface area contributed by atoms with Crippen molar-refractivity contribution in [3.05, 3.63) is 112 Å². The van der Waals surface area contributed by atoms with Gasteiger partial charge in [0, 0.05) is 26.2 Å². The van der Waals surface area contributed by atoms with Gasteiger partial charge in [-0.25, -0.2) is 14.0 Å². The number of ether oxygens (including phenoxy) is 1. The average molecular weight is 587 g/mol. The van der Waals surface area contributed by atoms with E-state index in [1.54, 1.807) is 7.05 Å². The van der Waals surface area contributed by atoms with Crippen LogP contribution in [-0.4, -0.2) is 36.4 Å². The summed E-state index contributed by atoms with van der Waals surface area (Å²) in [7, 11) is 1.62. The van der Waals surface area contributed by atoms with Crippen molar-refractivity contribution in [2.24, 2.45) is 13.0 Å². The maximum atomic E-state index is 15.5. The Morgan fingerprint density at radius 2 is 1.58 bits per heavy atom. The fourth-order valence-electron chi connectivity index (χ4n) is 5.97. The lowest BCUT2D eigenvalue weighted by Crippen LogP contribution is -2.29. The molecule has 1 aliphatic carbocycles. The first kappa shape index (κ1) is 30.2. The number of carboxylic acids is 1. The standard InChI is InChI=1S/C34H39FN4O4/c1-23(38(21-25-13-7-4-8-14-25)22-26-15-9-5-10-16-26)32-36-39(34(42)37(32)3)30-20-31(28(33(40)41)19-29(30)35)43-24(2)27-17-11-6-12-18-27/h4-5,7-10,13-16,19-20,23-24,27H,6,11-12,17-18,21-22H2,1-3H3,(H,40,41). The van der Waals surface area contributed by atoms with Crippen LogP contribution < -0.4 is 10.4 Å². The summed E-state index contributed by atoms with van der Waals surface area (Å²) in [5, 5.41) is 14.4. The van der Waals surface area contributed by atoms with Gasteiger partial charge in [-0.1, -0.05) is 79.9 Å². The smallest absolute Gasteiger partial charge is 0.350 e. The van der Waals surface area contributed by atoms with Crippen molar-refractivity contribution >= 4 is 5.97 Å². The highest BCUT2D eigenvalue weighted by Gasteiger charge is 2.28. The number of hydrogen-bond acceptors (Lipinski definition) is 5. The van der Waals surface area contributed by atoms with Crippen LogP contribution in [0.5, 0.6) is 5.75 Å². The fraction of sp³-hybridized carbons (Fsp3) is 0.382. The Bertz CT molecular complexity index is 1550. The summed E-state index contributed by atoms with van der Waals surface area (Å²) in [6, 6.07) is 22.0. The van der Waals surface area contributed by atoms with Crippen molar-refractivity contribution in [1.29, 1.82) is 0 Å². The molecular formula is C34H39FN4O4. The molecule has 1 fully saturated rings. The largest absolute Gasteiger partial charge is 0.489 e. The minimum atomic E-state index is -1.29. The molecule has 8 nitrogen and oxygen atoms in total. The van der Waals surface area contributed by atoms with Gasteiger partial charge in [-0.3, -0.25) is 9.47 Å². The molecule has 1 saturated carbocycles. The van der Waals surface area contributed by atoms with E-state index in [4.69, 9.17) is 4.74 Å². The highest BCUT2D eigenvalue weighted by Crippen LogP contribution is 2.32. The van der Waals surface area contributed by atoms with E-state index in [1.807, 2.05) is 50.2 Å². The zero-order valence-corrected chi connectivity index (χ0v) is 24.9. The van der Waals surface area contributed by atoms with Crippen molar-refractivity contribution in [3.63, 3.8) is 0 Å². The van der Waals surface area contributed by atoms with Crippen molar-refractivity contribution in [2.45, 2.75) is 71.2 Å². The second-order valence-electron chi connectivity index (χ2n) is 11.5. The van der Waals surface area contributed by atoms with E-state index in [1.165, 1.54) is 17.1 Å². The number of aromatic nitrogens is 3. The molecule has 9 heteroatoms. The first-order valence-corrected chi connectivity index (χ1v) is 14.9. The third-order valence-electron chi connectivity index (χ3n) is 8.53. The van der Waals surface area contributed by atoms with E-state index >= 15 is 4.39 Å². The van der Waals surface area contributed by atoms with Gasteiger partial charge in [0.1, 0.15) is 22.8 Å². The quantitative estimate of drug-likeness (QED) is 0.215. The molecule has 1 aromatic heterocycles. The molecule has 1 heterocycles. The Labute approximate surface area is 251 Å². The van der Waals surface area contributed by atoms with Gasteiger partial charge < -0.3 is 9.84 Å². The van der Waals surface area contributed by atoms with Gasteiger partial charge in [-0.15, -0.1) is 5.10 Å². The predicted octanol–water partition coefficient (Wildman–Crippen LogP) is 6.52. The molecule has 4 aromatic rings. The van der Waals surface area contributed by atoms with Gasteiger partial charge in [0.2, 0.25) is 0 Å². The van der Waals surface area contributed by atoms with Gasteiger partial charge in [-0.2, -0.15) is 4.68 Å². The normalized spacial score (nSPS) is 15.4. The van der Waals surface area contributed by atoms with Gasteiger partial charge in [-0.05, 0) is 49.8 Å². The number of halogens is 1. The zero-order chi connectivity index (χ0) is 30.5. The molecule has 43 heavy (non-hydrogen) atoms. The molecule has 0 aliphatic heterocycles. The fourth-order valence-corrected chi connectivity index (χ4v) is 5.97. The molecule has 1 N–H and O–H groups in total. The lowest BCUT2D eigenvalue weighted by Gasteiger charge is -2.28. The van der Waals surface area contributed by atoms with Gasteiger partial charge >= 0.3 is 11.7 Å². The van der Waals surface area contributed by atoms with E-state index < -0.39 is 17.5 Å². The molecule has 5 rings (SSSR count). The molecule has 0 radical (unpaired) electrons. The molecule has 1 aliphatic rings. The SMILES string of the molecule is CC(Oc1cc(-n2nc(C(C)N(Cc3ccccc3)Cc3ccccc3)n(C)c2=O)c(F)cc1C(=O)O)C1CCCCC1. The molecule has 0 saturated heterocycles. The number of carbonyl (C=O) groups is 1. The van der Waals surface area contributed by atoms with E-state index in [-0.39, 0.29) is 35.1 Å². The second kappa shape index (κ2) is 13.4. The topological polar surface area (TPSA) is 89.6 Å². The predicted molar refractivity (Wildman–Crippen MR) is 163 cm³/mol. The highest BCUT2D eigenvalue weighted by atomic mass is 19.1. The van der Waals surface area contributed by atoms with E-state index in [0.717, 1.165) is 47.6 Å². The Kier molecular flexibility index (Phi) is 9.40. The van der Waals surface area contributed by atoms with Crippen LogP contribution in [0.2, 0.25) is 0 Å². The number of rotatable bonds is 11. The minimum absolute atomic E-state index is 0.0314. The summed E-state index contributed by atoms with van der Waals surface area (Å²) in [6.45, 7) is 5.11.